The number of hydrogen-bond acceptors (Lipinski definition) is 20. The average molecular weight is 946 g/mol. The van der Waals surface area contributed by atoms with Crippen molar-refractivity contribution in [1.29, 1.82) is 0 Å². The van der Waals surface area contributed by atoms with Crippen LogP contribution in [0.1, 0.15) is 0 Å². The summed E-state index contributed by atoms with van der Waals surface area (Å²) in [6.07, 6.45) is 0. The second kappa shape index (κ2) is 41.2. The molecule has 0 saturated carbocycles. The van der Waals surface area contributed by atoms with E-state index in [1.807, 2.05) is 0 Å². The van der Waals surface area contributed by atoms with E-state index in [2.05, 4.69) is 10.6 Å². The zero-order valence-electron chi connectivity index (χ0n) is 37.1. The Balaban J connectivity index is 4.58. The zero-order valence-corrected chi connectivity index (χ0v) is 37.1. The molecule has 0 aromatic rings. The molecule has 0 spiro atoms. The quantitative estimate of drug-likeness (QED) is 0.0257. The molecule has 0 saturated heterocycles. The number of carboxylic acid groups (broad SMARTS) is 5. The molecule has 2 amide bonds. The number of carbonyl (C=O) groups is 7. The van der Waals surface area contributed by atoms with E-state index in [1.54, 1.807) is 14.7 Å². The van der Waals surface area contributed by atoms with Gasteiger partial charge < -0.3 is 74.8 Å². The Morgan fingerprint density at radius 1 is 0.308 bits per heavy atom. The van der Waals surface area contributed by atoms with Crippen molar-refractivity contribution in [3.05, 3.63) is 0 Å². The van der Waals surface area contributed by atoms with Crippen LogP contribution in [0.15, 0.2) is 0 Å². The molecule has 0 bridgehead atoms. The Bertz CT molecular complexity index is 1200. The molecule has 0 atom stereocenters. The van der Waals surface area contributed by atoms with E-state index in [1.165, 1.54) is 9.80 Å². The Morgan fingerprint density at radius 3 is 0.785 bits per heavy atom. The van der Waals surface area contributed by atoms with Gasteiger partial charge in [-0.2, -0.15) is 0 Å². The first-order chi connectivity index (χ1) is 31.1. The van der Waals surface area contributed by atoms with Crippen molar-refractivity contribution in [3.63, 3.8) is 0 Å². The highest BCUT2D eigenvalue weighted by atomic mass is 16.5. The molecular weight excluding hydrogens is 874 g/mol. The van der Waals surface area contributed by atoms with Crippen LogP contribution < -0.4 is 10.6 Å². The molecule has 0 heterocycles. The average Bonchev–Trinajstić information content (AvgIpc) is 3.21. The van der Waals surface area contributed by atoms with E-state index in [-0.39, 0.29) is 163 Å². The number of hydrogen-bond donors (Lipinski definition) is 9. The smallest absolute Gasteiger partial charge is 0.317 e. The number of aliphatic hydroxyl groups excluding tert-OH is 2. The van der Waals surface area contributed by atoms with Gasteiger partial charge in [-0.15, -0.1) is 0 Å². The largest absolute Gasteiger partial charge is 0.480 e. The fourth-order valence-corrected chi connectivity index (χ4v) is 5.53. The standard InChI is InChI=1S/C38H71N7O20/c46-11-23-64-19-5-41(3-17-62-21-9-44(28-35(52)53)29-36(54)55)25-32(48)39-1-13-60-15-7-43(27-34(50)51)8-16-61-14-2-40-33(49)26-42(6-20-65-24-12-47)4-18-63-22-10-45(30-37(56)57)31-38(58)59/h46-47H,1-31H2,(H,39,48)(H,40,49)(H,50,51)(H,52,53)(H,54,55)(H,56,57)(H,58,59). The monoisotopic (exact) mass is 945 g/mol. The van der Waals surface area contributed by atoms with E-state index in [4.69, 9.17) is 59.1 Å². The first kappa shape index (κ1) is 60.8. The highest BCUT2D eigenvalue weighted by molar-refractivity contribution is 5.78. The number of nitrogens with one attached hydrogen (secondary N) is 2. The van der Waals surface area contributed by atoms with Gasteiger partial charge in [0.1, 0.15) is 0 Å². The van der Waals surface area contributed by atoms with E-state index in [9.17, 15) is 38.7 Å². The van der Waals surface area contributed by atoms with Gasteiger partial charge in [0.15, 0.2) is 0 Å². The summed E-state index contributed by atoms with van der Waals surface area (Å²) in [5.74, 6) is -6.33. The van der Waals surface area contributed by atoms with Crippen LogP contribution in [0.4, 0.5) is 0 Å². The van der Waals surface area contributed by atoms with Gasteiger partial charge in [-0.05, 0) is 0 Å². The van der Waals surface area contributed by atoms with Gasteiger partial charge in [0.25, 0.3) is 0 Å². The van der Waals surface area contributed by atoms with Crippen molar-refractivity contribution in [2.45, 2.75) is 0 Å². The number of nitrogens with zero attached hydrogens (tertiary/aromatic N) is 5. The summed E-state index contributed by atoms with van der Waals surface area (Å²) in [4.78, 5) is 88.2. The molecule has 0 rings (SSSR count). The van der Waals surface area contributed by atoms with Crippen LogP contribution >= 0.6 is 0 Å². The van der Waals surface area contributed by atoms with Gasteiger partial charge in [-0.1, -0.05) is 0 Å². The maximum Gasteiger partial charge on any atom is 0.317 e. The molecule has 0 aliphatic heterocycles. The molecule has 0 radical (unpaired) electrons. The minimum atomic E-state index is -1.16. The summed E-state index contributed by atoms with van der Waals surface area (Å²) >= 11 is 0. The van der Waals surface area contributed by atoms with Gasteiger partial charge in [0, 0.05) is 65.4 Å². The topological polar surface area (TPSA) is 357 Å². The molecule has 0 fully saturated rings. The molecule has 0 aromatic carbocycles. The van der Waals surface area contributed by atoms with Crippen molar-refractivity contribution in [2.24, 2.45) is 0 Å². The predicted octanol–water partition coefficient (Wildman–Crippen LogP) is -5.76. The maximum absolute atomic E-state index is 12.6. The third-order valence-corrected chi connectivity index (χ3v) is 8.55. The van der Waals surface area contributed by atoms with Crippen LogP contribution in [0, 0.1) is 0 Å². The van der Waals surface area contributed by atoms with Gasteiger partial charge >= 0.3 is 29.8 Å². The minimum Gasteiger partial charge on any atom is -0.480 e. The van der Waals surface area contributed by atoms with E-state index in [0.717, 1.165) is 0 Å². The van der Waals surface area contributed by atoms with Crippen molar-refractivity contribution in [3.8, 4) is 0 Å². The molecule has 27 nitrogen and oxygen atoms in total. The third-order valence-electron chi connectivity index (χ3n) is 8.55. The molecule has 27 heteroatoms. The van der Waals surface area contributed by atoms with Crippen molar-refractivity contribution < 1.29 is 97.7 Å². The second-order valence-corrected chi connectivity index (χ2v) is 14.0. The molecule has 0 unspecified atom stereocenters. The number of aliphatic carboxylic acids is 5. The number of ether oxygens (including phenoxy) is 6. The highest BCUT2D eigenvalue weighted by Crippen LogP contribution is 1.96. The Morgan fingerprint density at radius 2 is 0.523 bits per heavy atom. The number of aliphatic hydroxyl groups is 2. The number of amides is 2. The van der Waals surface area contributed by atoms with Gasteiger partial charge in [0.05, 0.1) is 138 Å². The third kappa shape index (κ3) is 41.0. The lowest BCUT2D eigenvalue weighted by Crippen LogP contribution is -2.42. The van der Waals surface area contributed by atoms with Crippen LogP contribution in [0.2, 0.25) is 0 Å². The maximum atomic E-state index is 12.6. The van der Waals surface area contributed by atoms with Crippen LogP contribution in [0.5, 0.6) is 0 Å². The molecule has 378 valence electrons. The lowest BCUT2D eigenvalue weighted by Gasteiger charge is -2.23. The summed E-state index contributed by atoms with van der Waals surface area (Å²) in [7, 11) is 0. The van der Waals surface area contributed by atoms with E-state index in [0.29, 0.717) is 26.2 Å². The Hall–Kier alpha value is -4.23. The number of carboxylic acids is 5. The lowest BCUT2D eigenvalue weighted by molar-refractivity contribution is -0.144. The summed E-state index contributed by atoms with van der Waals surface area (Å²) < 4.78 is 32.9. The van der Waals surface area contributed by atoms with E-state index < -0.39 is 56.0 Å². The van der Waals surface area contributed by atoms with Crippen LogP contribution in [-0.4, -0.2) is 306 Å². The predicted molar refractivity (Wildman–Crippen MR) is 225 cm³/mol. The van der Waals surface area contributed by atoms with Crippen LogP contribution in [0.3, 0.4) is 0 Å². The van der Waals surface area contributed by atoms with Crippen LogP contribution in [0.25, 0.3) is 0 Å². The number of rotatable bonds is 48. The molecule has 0 aromatic heterocycles. The second-order valence-electron chi connectivity index (χ2n) is 14.0. The number of carbonyl (C=O) groups excluding carboxylic acids is 2. The first-order valence-electron chi connectivity index (χ1n) is 21.1. The summed E-state index contributed by atoms with van der Waals surface area (Å²) in [6, 6.07) is 0. The Kier molecular flexibility index (Phi) is 38.5. The van der Waals surface area contributed by atoms with Gasteiger partial charge in [-0.25, -0.2) is 0 Å². The van der Waals surface area contributed by atoms with E-state index >= 15 is 0 Å². The Labute approximate surface area is 378 Å². The van der Waals surface area contributed by atoms with Crippen molar-refractivity contribution >= 4 is 41.7 Å². The summed E-state index contributed by atoms with van der Waals surface area (Å²) in [5.41, 5.74) is 0. The SMILES string of the molecule is O=C(O)CN(CCOCCNC(=O)CN(CCOCCO)CCOCCN(CC(=O)O)CC(=O)O)CCOCCNC(=O)CN(CCOCCO)CCOCCN(CC(=O)O)CC(=O)O. The van der Waals surface area contributed by atoms with Gasteiger partial charge in [0.2, 0.25) is 11.8 Å². The fourth-order valence-electron chi connectivity index (χ4n) is 5.53. The highest BCUT2D eigenvalue weighted by Gasteiger charge is 2.17. The fraction of sp³-hybridized carbons (Fsp3) is 0.816. The normalized spacial score (nSPS) is 11.6. The minimum absolute atomic E-state index is 0.0134. The lowest BCUT2D eigenvalue weighted by atomic mass is 10.4. The summed E-state index contributed by atoms with van der Waals surface area (Å²) in [5, 5.41) is 68.6. The molecule has 0 aliphatic carbocycles. The summed E-state index contributed by atoms with van der Waals surface area (Å²) in [6.45, 7) is 1.77. The molecule has 0 aliphatic rings. The van der Waals surface area contributed by atoms with Gasteiger partial charge in [-0.3, -0.25) is 58.1 Å². The van der Waals surface area contributed by atoms with Crippen LogP contribution in [-0.2, 0) is 62.0 Å². The zero-order chi connectivity index (χ0) is 48.5. The molecular formula is C38H71N7O20. The molecule has 9 N–H and O–H groups in total. The molecule has 65 heavy (non-hydrogen) atoms. The van der Waals surface area contributed by atoms with Crippen molar-refractivity contribution in [2.75, 3.05) is 204 Å². The first-order valence-corrected chi connectivity index (χ1v) is 21.1. The van der Waals surface area contributed by atoms with Crippen molar-refractivity contribution in [1.82, 2.24) is 35.1 Å².